The highest BCUT2D eigenvalue weighted by molar-refractivity contribution is 5.12. The van der Waals surface area contributed by atoms with E-state index in [1.165, 1.54) is 12.8 Å². The molecule has 1 N–H and O–H groups in total. The van der Waals surface area contributed by atoms with Crippen LogP contribution in [0.1, 0.15) is 32.1 Å². The Morgan fingerprint density at radius 3 is 2.91 bits per heavy atom. The summed E-state index contributed by atoms with van der Waals surface area (Å²) in [6, 6.07) is 0. The fraction of sp³-hybridized carbons (Fsp3) is 0.800. The Labute approximate surface area is 67.8 Å². The second-order valence-corrected chi connectivity index (χ2v) is 3.88. The summed E-state index contributed by atoms with van der Waals surface area (Å²) in [6.07, 6.45) is 10.8. The highest BCUT2D eigenvalue weighted by Gasteiger charge is 2.50. The quantitative estimate of drug-likeness (QED) is 0.519. The van der Waals surface area contributed by atoms with Crippen LogP contribution in [-0.2, 0) is 0 Å². The molecule has 1 nitrogen and oxygen atoms in total. The zero-order valence-corrected chi connectivity index (χ0v) is 6.71. The van der Waals surface area contributed by atoms with Gasteiger partial charge in [-0.3, -0.25) is 0 Å². The molecule has 2 aliphatic carbocycles. The minimum Gasteiger partial charge on any atom is -0.388 e. The van der Waals surface area contributed by atoms with Crippen molar-refractivity contribution in [1.82, 2.24) is 0 Å². The van der Waals surface area contributed by atoms with Crippen molar-refractivity contribution in [1.29, 1.82) is 0 Å². The van der Waals surface area contributed by atoms with Gasteiger partial charge in [-0.25, -0.2) is 0 Å². The van der Waals surface area contributed by atoms with E-state index in [-0.39, 0.29) is 5.92 Å². The van der Waals surface area contributed by atoms with Crippen LogP contribution in [0, 0.1) is 24.2 Å². The Morgan fingerprint density at radius 2 is 2.18 bits per heavy atom. The SMILES string of the molecule is C#C[C@@H]1CC[C@@H]2CCC[C@@]21O. The van der Waals surface area contributed by atoms with Crippen LogP contribution in [0.4, 0.5) is 0 Å². The maximum atomic E-state index is 10.1. The Hall–Kier alpha value is -0.480. The van der Waals surface area contributed by atoms with E-state index in [1.54, 1.807) is 0 Å². The molecule has 0 bridgehead atoms. The normalized spacial score (nSPS) is 48.7. The molecule has 0 aromatic heterocycles. The molecule has 0 heterocycles. The average molecular weight is 150 g/mol. The fourth-order valence-corrected chi connectivity index (χ4v) is 2.78. The Morgan fingerprint density at radius 1 is 1.36 bits per heavy atom. The smallest absolute Gasteiger partial charge is 0.0812 e. The maximum Gasteiger partial charge on any atom is 0.0812 e. The lowest BCUT2D eigenvalue weighted by molar-refractivity contribution is 0.000156. The van der Waals surface area contributed by atoms with Crippen LogP contribution in [0.5, 0.6) is 0 Å². The van der Waals surface area contributed by atoms with Gasteiger partial charge in [0.25, 0.3) is 0 Å². The minimum atomic E-state index is -0.464. The number of hydrogen-bond acceptors (Lipinski definition) is 1. The van der Waals surface area contributed by atoms with Crippen molar-refractivity contribution >= 4 is 0 Å². The molecule has 60 valence electrons. The highest BCUT2D eigenvalue weighted by atomic mass is 16.3. The summed E-state index contributed by atoms with van der Waals surface area (Å²) in [6.45, 7) is 0. The first-order chi connectivity index (χ1) is 5.27. The third-order valence-corrected chi connectivity index (χ3v) is 3.45. The summed E-state index contributed by atoms with van der Waals surface area (Å²) < 4.78 is 0. The van der Waals surface area contributed by atoms with Crippen LogP contribution in [0.15, 0.2) is 0 Å². The summed E-state index contributed by atoms with van der Waals surface area (Å²) in [5, 5.41) is 10.1. The van der Waals surface area contributed by atoms with Crippen molar-refractivity contribution < 1.29 is 5.11 Å². The molecule has 2 aliphatic rings. The van der Waals surface area contributed by atoms with E-state index in [1.807, 2.05) is 0 Å². The van der Waals surface area contributed by atoms with Gasteiger partial charge in [-0.2, -0.15) is 0 Å². The van der Waals surface area contributed by atoms with Crippen molar-refractivity contribution in [2.24, 2.45) is 11.8 Å². The third-order valence-electron chi connectivity index (χ3n) is 3.45. The van der Waals surface area contributed by atoms with Gasteiger partial charge < -0.3 is 5.11 Å². The predicted octanol–water partition coefficient (Wildman–Crippen LogP) is 1.56. The van der Waals surface area contributed by atoms with Gasteiger partial charge in [-0.05, 0) is 31.6 Å². The van der Waals surface area contributed by atoms with Crippen LogP contribution < -0.4 is 0 Å². The molecule has 0 amide bonds. The molecule has 0 saturated heterocycles. The molecule has 3 atom stereocenters. The average Bonchev–Trinajstić information content (AvgIpc) is 2.44. The van der Waals surface area contributed by atoms with Gasteiger partial charge in [0.05, 0.1) is 5.60 Å². The van der Waals surface area contributed by atoms with Crippen LogP contribution in [0.3, 0.4) is 0 Å². The van der Waals surface area contributed by atoms with Crippen LogP contribution >= 0.6 is 0 Å². The standard InChI is InChI=1S/C10H14O/c1-2-8-5-6-9-4-3-7-10(8,9)11/h1,8-9,11H,3-7H2/t8-,9+,10+/m1/s1. The monoisotopic (exact) mass is 150 g/mol. The van der Waals surface area contributed by atoms with Gasteiger partial charge in [0.1, 0.15) is 0 Å². The summed E-state index contributed by atoms with van der Waals surface area (Å²) in [5.41, 5.74) is -0.464. The molecule has 0 aromatic rings. The highest BCUT2D eigenvalue weighted by Crippen LogP contribution is 2.50. The molecule has 1 heteroatoms. The van der Waals surface area contributed by atoms with E-state index < -0.39 is 5.60 Å². The van der Waals surface area contributed by atoms with E-state index in [4.69, 9.17) is 6.42 Å². The molecular weight excluding hydrogens is 136 g/mol. The van der Waals surface area contributed by atoms with Gasteiger partial charge in [-0.1, -0.05) is 6.42 Å². The molecule has 2 saturated carbocycles. The summed E-state index contributed by atoms with van der Waals surface area (Å²) in [4.78, 5) is 0. The summed E-state index contributed by atoms with van der Waals surface area (Å²) in [5.74, 6) is 3.39. The van der Waals surface area contributed by atoms with E-state index in [2.05, 4.69) is 5.92 Å². The van der Waals surface area contributed by atoms with Crippen LogP contribution in [0.2, 0.25) is 0 Å². The lowest BCUT2D eigenvalue weighted by Crippen LogP contribution is -2.34. The zero-order chi connectivity index (χ0) is 7.90. The number of rotatable bonds is 0. The number of terminal acetylenes is 1. The number of aliphatic hydroxyl groups is 1. The van der Waals surface area contributed by atoms with Crippen molar-refractivity contribution in [3.05, 3.63) is 0 Å². The molecule has 0 aliphatic heterocycles. The Bertz CT molecular complexity index is 203. The lowest BCUT2D eigenvalue weighted by atomic mass is 9.87. The minimum absolute atomic E-state index is 0.148. The molecule has 0 unspecified atom stereocenters. The fourth-order valence-electron chi connectivity index (χ4n) is 2.78. The Kier molecular flexibility index (Phi) is 1.47. The molecule has 0 aromatic carbocycles. The molecular formula is C10H14O. The van der Waals surface area contributed by atoms with E-state index in [0.29, 0.717) is 5.92 Å². The second kappa shape index (κ2) is 2.25. The first-order valence-corrected chi connectivity index (χ1v) is 4.46. The summed E-state index contributed by atoms with van der Waals surface area (Å²) in [7, 11) is 0. The molecule has 11 heavy (non-hydrogen) atoms. The zero-order valence-electron chi connectivity index (χ0n) is 6.71. The largest absolute Gasteiger partial charge is 0.388 e. The number of fused-ring (bicyclic) bond motifs is 1. The number of hydrogen-bond donors (Lipinski definition) is 1. The molecule has 0 radical (unpaired) electrons. The van der Waals surface area contributed by atoms with Gasteiger partial charge in [-0.15, -0.1) is 12.3 Å². The predicted molar refractivity (Wildman–Crippen MR) is 43.8 cm³/mol. The molecule has 2 fully saturated rings. The maximum absolute atomic E-state index is 10.1. The van der Waals surface area contributed by atoms with E-state index >= 15 is 0 Å². The van der Waals surface area contributed by atoms with Crippen molar-refractivity contribution in [2.45, 2.75) is 37.7 Å². The van der Waals surface area contributed by atoms with E-state index in [9.17, 15) is 5.11 Å². The van der Waals surface area contributed by atoms with Gasteiger partial charge >= 0.3 is 0 Å². The second-order valence-electron chi connectivity index (χ2n) is 3.88. The van der Waals surface area contributed by atoms with E-state index in [0.717, 1.165) is 19.3 Å². The van der Waals surface area contributed by atoms with Crippen molar-refractivity contribution in [2.75, 3.05) is 0 Å². The van der Waals surface area contributed by atoms with Crippen molar-refractivity contribution in [3.8, 4) is 12.3 Å². The first-order valence-electron chi connectivity index (χ1n) is 4.46. The van der Waals surface area contributed by atoms with Crippen molar-refractivity contribution in [3.63, 3.8) is 0 Å². The molecule has 0 spiro atoms. The lowest BCUT2D eigenvalue weighted by Gasteiger charge is -2.26. The third kappa shape index (κ3) is 0.827. The topological polar surface area (TPSA) is 20.2 Å². The Balaban J connectivity index is 2.25. The van der Waals surface area contributed by atoms with Gasteiger partial charge in [0, 0.05) is 5.92 Å². The first kappa shape index (κ1) is 7.18. The summed E-state index contributed by atoms with van der Waals surface area (Å²) >= 11 is 0. The van der Waals surface area contributed by atoms with Gasteiger partial charge in [0.2, 0.25) is 0 Å². The van der Waals surface area contributed by atoms with Gasteiger partial charge in [0.15, 0.2) is 0 Å². The van der Waals surface area contributed by atoms with Crippen LogP contribution in [-0.4, -0.2) is 10.7 Å². The van der Waals surface area contributed by atoms with Crippen LogP contribution in [0.25, 0.3) is 0 Å². The molecule has 2 rings (SSSR count).